The van der Waals surface area contributed by atoms with Crippen molar-refractivity contribution in [3.05, 3.63) is 126 Å². The summed E-state index contributed by atoms with van der Waals surface area (Å²) in [4.78, 5) is 67.8. The Balaban J connectivity index is 1.15. The van der Waals surface area contributed by atoms with Crippen LogP contribution in [0.15, 0.2) is 93.5 Å². The zero-order valence-electron chi connectivity index (χ0n) is 33.3. The number of rotatable bonds is 8. The van der Waals surface area contributed by atoms with Gasteiger partial charge in [0.2, 0.25) is 11.8 Å². The van der Waals surface area contributed by atoms with Gasteiger partial charge in [-0.2, -0.15) is 18.2 Å². The summed E-state index contributed by atoms with van der Waals surface area (Å²) in [5, 5.41) is 11.7. The predicted octanol–water partition coefficient (Wildman–Crippen LogP) is 9.30. The molecule has 3 saturated heterocycles. The molecule has 0 bridgehead atoms. The van der Waals surface area contributed by atoms with E-state index >= 15 is 9.59 Å². The van der Waals surface area contributed by atoms with Gasteiger partial charge in [0.15, 0.2) is 17.3 Å². The lowest BCUT2D eigenvalue weighted by Gasteiger charge is -2.51. The summed E-state index contributed by atoms with van der Waals surface area (Å²) in [5.74, 6) is -7.24. The number of pyridine rings is 1. The van der Waals surface area contributed by atoms with E-state index in [2.05, 4.69) is 59.3 Å². The number of nitrogens with zero attached hydrogens (tertiary/aromatic N) is 4. The van der Waals surface area contributed by atoms with E-state index in [1.54, 1.807) is 30.3 Å². The van der Waals surface area contributed by atoms with Gasteiger partial charge < -0.3 is 9.84 Å². The van der Waals surface area contributed by atoms with Crippen LogP contribution in [0.25, 0.3) is 0 Å². The lowest BCUT2D eigenvalue weighted by molar-refractivity contribution is -0.144. The van der Waals surface area contributed by atoms with E-state index in [0.717, 1.165) is 11.6 Å². The summed E-state index contributed by atoms with van der Waals surface area (Å²) in [6, 6.07) is 18.4. The van der Waals surface area contributed by atoms with Gasteiger partial charge in [0.25, 0.3) is 11.8 Å². The van der Waals surface area contributed by atoms with Crippen molar-refractivity contribution in [1.29, 1.82) is 0 Å². The Labute approximate surface area is 386 Å². The average Bonchev–Trinajstić information content (AvgIpc) is 3.64. The van der Waals surface area contributed by atoms with Gasteiger partial charge in [0.05, 0.1) is 45.3 Å². The molecular weight excluding hydrogens is 994 g/mol. The third kappa shape index (κ3) is 7.15. The third-order valence-electron chi connectivity index (χ3n) is 13.5. The number of likely N-dealkylation sites (tertiary alicyclic amines) is 2. The number of alkyl halides is 3. The number of carbonyl (C=O) groups is 4. The number of benzene rings is 3. The fourth-order valence-corrected chi connectivity index (χ4v) is 12.0. The second kappa shape index (κ2) is 16.5. The number of hydrogen-bond donors (Lipinski definition) is 2. The van der Waals surface area contributed by atoms with Crippen LogP contribution in [-0.4, -0.2) is 74.8 Å². The van der Waals surface area contributed by atoms with Crippen LogP contribution >= 0.6 is 55.1 Å². The first-order valence-electron chi connectivity index (χ1n) is 20.3. The first kappa shape index (κ1) is 43.8. The molecule has 3 aromatic carbocycles. The number of ether oxygens (including phenoxy) is 1. The Morgan fingerprint density at radius 3 is 2.29 bits per heavy atom. The largest absolute Gasteiger partial charge is 0.503 e. The highest BCUT2D eigenvalue weighted by molar-refractivity contribution is 9.13. The first-order chi connectivity index (χ1) is 30.1. The van der Waals surface area contributed by atoms with Crippen LogP contribution < -0.4 is 10.2 Å². The van der Waals surface area contributed by atoms with Crippen LogP contribution in [0.1, 0.15) is 53.9 Å². The fraction of sp³-hybridized carbons (Fsp3) is 0.356. The number of phenolic OH excluding ortho intramolecular Hbond substituents is 1. The highest BCUT2D eigenvalue weighted by Gasteiger charge is 2.71. The molecule has 2 N–H and O–H groups in total. The van der Waals surface area contributed by atoms with Gasteiger partial charge in [-0.1, -0.05) is 77.3 Å². The lowest BCUT2D eigenvalue weighted by atomic mass is 9.49. The highest BCUT2D eigenvalue weighted by Crippen LogP contribution is 2.66. The number of nitrogens with one attached hydrogen (secondary N) is 1. The van der Waals surface area contributed by atoms with Gasteiger partial charge >= 0.3 is 6.18 Å². The number of fused-ring (bicyclic) bond motifs is 4. The Morgan fingerprint density at radius 2 is 1.63 bits per heavy atom. The van der Waals surface area contributed by atoms with Gasteiger partial charge in [-0.25, -0.2) is 4.98 Å². The van der Waals surface area contributed by atoms with Crippen LogP contribution in [0.5, 0.6) is 11.5 Å². The number of hydrazine groups is 1. The van der Waals surface area contributed by atoms with Crippen molar-refractivity contribution in [2.75, 3.05) is 25.6 Å². The molecule has 4 fully saturated rings. The van der Waals surface area contributed by atoms with Gasteiger partial charge in [-0.15, -0.1) is 0 Å². The summed E-state index contributed by atoms with van der Waals surface area (Å²) in [6.07, 6.45) is -0.973. The van der Waals surface area contributed by atoms with Gasteiger partial charge in [0, 0.05) is 47.3 Å². The van der Waals surface area contributed by atoms with Gasteiger partial charge in [0.1, 0.15) is 0 Å². The smallest absolute Gasteiger partial charge is 0.417 e. The van der Waals surface area contributed by atoms with Crippen molar-refractivity contribution in [1.82, 2.24) is 19.8 Å². The minimum Gasteiger partial charge on any atom is -0.503 e. The van der Waals surface area contributed by atoms with Crippen molar-refractivity contribution >= 4 is 84.5 Å². The van der Waals surface area contributed by atoms with E-state index in [0.29, 0.717) is 64.4 Å². The van der Waals surface area contributed by atoms with Crippen molar-refractivity contribution < 1.29 is 42.2 Å². The molecule has 9 rings (SSSR count). The van der Waals surface area contributed by atoms with Crippen LogP contribution in [0.3, 0.4) is 0 Å². The Bertz CT molecular complexity index is 2580. The summed E-state index contributed by atoms with van der Waals surface area (Å²) in [5.41, 5.74) is 2.32. The molecule has 4 heterocycles. The third-order valence-corrected chi connectivity index (χ3v) is 16.2. The number of imide groups is 2. The molecule has 63 heavy (non-hydrogen) atoms. The molecule has 0 radical (unpaired) electrons. The summed E-state index contributed by atoms with van der Waals surface area (Å²) >= 11 is 19.9. The number of allylic oxidation sites excluding steroid dienone is 2. The van der Waals surface area contributed by atoms with E-state index < -0.39 is 63.6 Å². The molecule has 1 aromatic heterocycles. The van der Waals surface area contributed by atoms with E-state index in [1.165, 1.54) is 17.6 Å². The maximum atomic E-state index is 15.6. The van der Waals surface area contributed by atoms with Crippen molar-refractivity contribution in [2.24, 2.45) is 23.7 Å². The van der Waals surface area contributed by atoms with E-state index in [-0.39, 0.29) is 52.5 Å². The zero-order chi connectivity index (χ0) is 44.7. The minimum absolute atomic E-state index is 0.0422. The van der Waals surface area contributed by atoms with Crippen molar-refractivity contribution in [2.45, 2.75) is 55.8 Å². The van der Waals surface area contributed by atoms with Gasteiger partial charge in [-0.05, 0) is 104 Å². The molecule has 3 aliphatic heterocycles. The fourth-order valence-electron chi connectivity index (χ4n) is 10.7. The number of aromatic nitrogens is 1. The molecule has 5 aliphatic rings. The number of halogens is 7. The topological polar surface area (TPSA) is 132 Å². The van der Waals surface area contributed by atoms with Crippen LogP contribution in [-0.2, 0) is 37.3 Å². The normalized spacial score (nSPS) is 26.4. The van der Waals surface area contributed by atoms with E-state index in [1.807, 2.05) is 24.3 Å². The number of methoxy groups -OCH3 is 1. The zero-order valence-corrected chi connectivity index (χ0v) is 38.0. The summed E-state index contributed by atoms with van der Waals surface area (Å²) in [7, 11) is 1.37. The average molecular weight is 1030 g/mol. The predicted molar refractivity (Wildman–Crippen MR) is 234 cm³/mol. The molecular formula is C45H38Br2Cl2F3N5O6. The quantitative estimate of drug-likeness (QED) is 0.131. The molecule has 328 valence electrons. The number of carbonyl (C=O) groups excluding carboxylic acids is 4. The SMILES string of the molecule is COc1cc([C@H]2C3=CC[C@@H]4C(=O)N(C5CCN(Cc6ccccc6)CC5)C(=O)[C@@H]4[C@@H]3C[C@H]3C(=O)N(Nc4ncc(C(F)(F)F)cc4Cl)C(=O)[C@@]23c2ccc(Cl)cc2)c(Br)c(Br)c1O. The van der Waals surface area contributed by atoms with E-state index in [9.17, 15) is 27.9 Å². The molecule has 18 heteroatoms. The number of phenols is 1. The monoisotopic (exact) mass is 1030 g/mol. The molecule has 0 unspecified atom stereocenters. The molecule has 4 aromatic rings. The van der Waals surface area contributed by atoms with Gasteiger partial charge in [-0.3, -0.25) is 34.4 Å². The number of aromatic hydroxyl groups is 1. The van der Waals surface area contributed by atoms with E-state index in [4.69, 9.17) is 27.9 Å². The first-order valence-corrected chi connectivity index (χ1v) is 22.6. The Kier molecular flexibility index (Phi) is 11.5. The van der Waals surface area contributed by atoms with Crippen molar-refractivity contribution in [3.8, 4) is 11.5 Å². The molecule has 0 spiro atoms. The number of anilines is 1. The van der Waals surface area contributed by atoms with Crippen LogP contribution in [0.2, 0.25) is 10.0 Å². The summed E-state index contributed by atoms with van der Waals surface area (Å²) < 4.78 is 47.0. The van der Waals surface area contributed by atoms with Crippen molar-refractivity contribution in [3.63, 3.8) is 0 Å². The highest BCUT2D eigenvalue weighted by atomic mass is 79.9. The maximum Gasteiger partial charge on any atom is 0.417 e. The standard InChI is InChI=1S/C45H38Br2Cl2F3N5O6/c1-63-33-19-30(36(46)37(47)38(33)58)35-27-11-12-28-34(42(61)56(40(28)59)26-13-15-55(16-14-26)21-22-5-3-2-4-6-22)29(27)18-31-41(60)57(43(62)44(31,35)23-7-9-25(48)10-8-23)54-39-32(49)17-24(20-53-39)45(50,51)52/h2-11,17,19-20,26,28-29,31,34-35,58H,12-16,18,21H2,1H3,(H,53,54)/t28-,29+,31-,34-,35+,44+/m0/s1. The number of hydrogen-bond acceptors (Lipinski definition) is 9. The molecule has 11 nitrogen and oxygen atoms in total. The van der Waals surface area contributed by atoms with Crippen LogP contribution in [0, 0.1) is 23.7 Å². The lowest BCUT2D eigenvalue weighted by Crippen LogP contribution is -2.53. The number of piperidine rings is 1. The van der Waals surface area contributed by atoms with Crippen LogP contribution in [0.4, 0.5) is 19.0 Å². The molecule has 6 atom stereocenters. The second-order valence-electron chi connectivity index (χ2n) is 16.6. The number of amides is 4. The molecule has 2 aliphatic carbocycles. The Hall–Kier alpha value is -4.48. The second-order valence-corrected chi connectivity index (χ2v) is 19.0. The summed E-state index contributed by atoms with van der Waals surface area (Å²) in [6.45, 7) is 2.13. The minimum atomic E-state index is -4.77. The molecule has 1 saturated carbocycles. The maximum absolute atomic E-state index is 15.6. The molecule has 4 amide bonds. The Morgan fingerprint density at radius 1 is 0.937 bits per heavy atom.